The lowest BCUT2D eigenvalue weighted by Gasteiger charge is -2.08. The Hall–Kier alpha value is -2.07. The van der Waals surface area contributed by atoms with E-state index >= 15 is 0 Å². The minimum absolute atomic E-state index is 0.0369. The summed E-state index contributed by atoms with van der Waals surface area (Å²) in [4.78, 5) is 12.4. The Morgan fingerprint density at radius 3 is 2.37 bits per heavy atom. The molecule has 3 aromatic rings. The van der Waals surface area contributed by atoms with Crippen LogP contribution in [0.15, 0.2) is 63.8 Å². The van der Waals surface area contributed by atoms with Gasteiger partial charge in [0.25, 0.3) is 0 Å². The summed E-state index contributed by atoms with van der Waals surface area (Å²) in [5.41, 5.74) is 1.42. The van der Waals surface area contributed by atoms with Crippen LogP contribution in [0.3, 0.4) is 0 Å². The van der Waals surface area contributed by atoms with Crippen LogP contribution in [0.4, 0.5) is 0 Å². The summed E-state index contributed by atoms with van der Waals surface area (Å²) in [6.07, 6.45) is 7.31. The maximum atomic E-state index is 12.4. The third-order valence-corrected chi connectivity index (χ3v) is 5.12. The molecule has 0 fully saturated rings. The molecule has 4 heteroatoms. The summed E-state index contributed by atoms with van der Waals surface area (Å²) >= 11 is 3.46. The minimum Gasteiger partial charge on any atom is -0.493 e. The highest BCUT2D eigenvalue weighted by Crippen LogP contribution is 2.25. The molecule has 2 aromatic carbocycles. The van der Waals surface area contributed by atoms with Gasteiger partial charge in [-0.3, -0.25) is 4.79 Å². The van der Waals surface area contributed by atoms with Crippen molar-refractivity contribution >= 4 is 26.9 Å². The van der Waals surface area contributed by atoms with Gasteiger partial charge in [-0.15, -0.1) is 0 Å². The maximum absolute atomic E-state index is 12.4. The fraction of sp³-hybridized carbons (Fsp3) is 0.348. The second-order valence-corrected chi connectivity index (χ2v) is 7.45. The van der Waals surface area contributed by atoms with Crippen LogP contribution in [0.1, 0.15) is 38.5 Å². The number of benzene rings is 2. The Morgan fingerprint density at radius 2 is 1.59 bits per heavy atom. The van der Waals surface area contributed by atoms with Gasteiger partial charge in [-0.25, -0.2) is 0 Å². The monoisotopic (exact) mass is 428 g/mol. The number of ether oxygens (including phenoxy) is 1. The zero-order valence-electron chi connectivity index (χ0n) is 15.5. The normalized spacial score (nSPS) is 11.0. The lowest BCUT2D eigenvalue weighted by molar-refractivity contribution is 0.304. The molecule has 0 aliphatic carbocycles. The average Bonchev–Trinajstić information content (AvgIpc) is 2.70. The molecule has 0 N–H and O–H groups in total. The fourth-order valence-corrected chi connectivity index (χ4v) is 3.46. The van der Waals surface area contributed by atoms with Gasteiger partial charge in [0.2, 0.25) is 0 Å². The summed E-state index contributed by atoms with van der Waals surface area (Å²) in [6, 6.07) is 16.7. The number of hydrogen-bond acceptors (Lipinski definition) is 3. The first-order chi connectivity index (χ1) is 13.3. The molecule has 142 valence electrons. The molecule has 0 spiro atoms. The van der Waals surface area contributed by atoms with Gasteiger partial charge in [-0.05, 0) is 25.0 Å². The van der Waals surface area contributed by atoms with E-state index in [9.17, 15) is 4.79 Å². The van der Waals surface area contributed by atoms with Crippen LogP contribution >= 0.6 is 15.9 Å². The lowest BCUT2D eigenvalue weighted by atomic mass is 10.1. The average molecular weight is 429 g/mol. The molecule has 0 aliphatic rings. The SMILES string of the molecule is O=c1cc(-c2ccccc2)oc2cc(OCCCCCCCCBr)ccc12. The summed E-state index contributed by atoms with van der Waals surface area (Å²) in [5, 5.41) is 1.68. The molecule has 0 radical (unpaired) electrons. The first-order valence-corrected chi connectivity index (χ1v) is 10.7. The van der Waals surface area contributed by atoms with Crippen molar-refractivity contribution in [3.05, 3.63) is 64.8 Å². The predicted molar refractivity (Wildman–Crippen MR) is 115 cm³/mol. The zero-order valence-corrected chi connectivity index (χ0v) is 17.0. The van der Waals surface area contributed by atoms with Crippen LogP contribution in [-0.2, 0) is 0 Å². The second kappa shape index (κ2) is 10.3. The standard InChI is InChI=1S/C23H25BrO3/c24-14-8-3-1-2-4-9-15-26-19-12-13-20-21(25)17-22(27-23(20)16-19)18-10-6-5-7-11-18/h5-7,10-13,16-17H,1-4,8-9,14-15H2. The molecular formula is C23H25BrO3. The van der Waals surface area contributed by atoms with E-state index in [1.54, 1.807) is 12.1 Å². The summed E-state index contributed by atoms with van der Waals surface area (Å²) in [7, 11) is 0. The second-order valence-electron chi connectivity index (χ2n) is 6.66. The summed E-state index contributed by atoms with van der Waals surface area (Å²) in [6.45, 7) is 0.687. The van der Waals surface area contributed by atoms with E-state index in [4.69, 9.17) is 9.15 Å². The Balaban J connectivity index is 1.62. The zero-order chi connectivity index (χ0) is 18.9. The fourth-order valence-electron chi connectivity index (χ4n) is 3.06. The molecule has 3 rings (SSSR count). The highest BCUT2D eigenvalue weighted by molar-refractivity contribution is 9.09. The number of halogens is 1. The van der Waals surface area contributed by atoms with Crippen molar-refractivity contribution in [3.63, 3.8) is 0 Å². The number of fused-ring (bicyclic) bond motifs is 1. The van der Waals surface area contributed by atoms with Gasteiger partial charge in [0.1, 0.15) is 17.1 Å². The first kappa shape index (κ1) is 19.7. The molecule has 0 unspecified atom stereocenters. The molecule has 0 bridgehead atoms. The number of alkyl halides is 1. The molecule has 1 aromatic heterocycles. The van der Waals surface area contributed by atoms with E-state index in [0.29, 0.717) is 23.3 Å². The molecule has 0 aliphatic heterocycles. The van der Waals surface area contributed by atoms with Gasteiger partial charge in [0.15, 0.2) is 5.43 Å². The predicted octanol–water partition coefficient (Wildman–Crippen LogP) is 6.57. The minimum atomic E-state index is -0.0369. The van der Waals surface area contributed by atoms with E-state index in [1.807, 2.05) is 42.5 Å². The van der Waals surface area contributed by atoms with E-state index in [-0.39, 0.29) is 5.43 Å². The van der Waals surface area contributed by atoms with Crippen LogP contribution in [0.2, 0.25) is 0 Å². The Kier molecular flexibility index (Phi) is 7.52. The quantitative estimate of drug-likeness (QED) is 0.270. The molecule has 1 heterocycles. The summed E-state index contributed by atoms with van der Waals surface area (Å²) in [5.74, 6) is 1.32. The van der Waals surface area contributed by atoms with Crippen molar-refractivity contribution in [2.24, 2.45) is 0 Å². The van der Waals surface area contributed by atoms with Gasteiger partial charge in [0.05, 0.1) is 12.0 Å². The van der Waals surface area contributed by atoms with E-state index in [2.05, 4.69) is 15.9 Å². The van der Waals surface area contributed by atoms with Crippen molar-refractivity contribution in [2.45, 2.75) is 38.5 Å². The third kappa shape index (κ3) is 5.70. The molecular weight excluding hydrogens is 404 g/mol. The van der Waals surface area contributed by atoms with Crippen molar-refractivity contribution < 1.29 is 9.15 Å². The van der Waals surface area contributed by atoms with Gasteiger partial charge in [0, 0.05) is 23.0 Å². The van der Waals surface area contributed by atoms with Crippen LogP contribution in [0.25, 0.3) is 22.3 Å². The molecule has 27 heavy (non-hydrogen) atoms. The number of rotatable bonds is 10. The highest BCUT2D eigenvalue weighted by Gasteiger charge is 2.08. The highest BCUT2D eigenvalue weighted by atomic mass is 79.9. The van der Waals surface area contributed by atoms with Crippen molar-refractivity contribution in [1.82, 2.24) is 0 Å². The Morgan fingerprint density at radius 1 is 0.852 bits per heavy atom. The molecule has 0 saturated carbocycles. The van der Waals surface area contributed by atoms with Crippen LogP contribution < -0.4 is 10.2 Å². The Bertz CT molecular complexity index is 902. The summed E-state index contributed by atoms with van der Waals surface area (Å²) < 4.78 is 11.8. The van der Waals surface area contributed by atoms with Crippen molar-refractivity contribution in [3.8, 4) is 17.1 Å². The van der Waals surface area contributed by atoms with Gasteiger partial charge in [-0.2, -0.15) is 0 Å². The topological polar surface area (TPSA) is 39.4 Å². The maximum Gasteiger partial charge on any atom is 0.193 e. The smallest absolute Gasteiger partial charge is 0.193 e. The first-order valence-electron chi connectivity index (χ1n) is 9.60. The Labute approximate surface area is 168 Å². The van der Waals surface area contributed by atoms with E-state index in [1.165, 1.54) is 32.1 Å². The number of hydrogen-bond donors (Lipinski definition) is 0. The van der Waals surface area contributed by atoms with Crippen molar-refractivity contribution in [2.75, 3.05) is 11.9 Å². The molecule has 0 atom stereocenters. The van der Waals surface area contributed by atoms with Gasteiger partial charge in [-0.1, -0.05) is 71.9 Å². The van der Waals surface area contributed by atoms with Gasteiger partial charge >= 0.3 is 0 Å². The van der Waals surface area contributed by atoms with Crippen LogP contribution in [0, 0.1) is 0 Å². The van der Waals surface area contributed by atoms with Crippen LogP contribution in [0.5, 0.6) is 5.75 Å². The van der Waals surface area contributed by atoms with Crippen LogP contribution in [-0.4, -0.2) is 11.9 Å². The molecule has 0 amide bonds. The largest absolute Gasteiger partial charge is 0.493 e. The van der Waals surface area contributed by atoms with Gasteiger partial charge < -0.3 is 9.15 Å². The number of unbranched alkanes of at least 4 members (excludes halogenated alkanes) is 5. The molecule has 3 nitrogen and oxygen atoms in total. The molecule has 0 saturated heterocycles. The van der Waals surface area contributed by atoms with E-state index in [0.717, 1.165) is 23.1 Å². The third-order valence-electron chi connectivity index (χ3n) is 4.56. The lowest BCUT2D eigenvalue weighted by Crippen LogP contribution is -2.02. The van der Waals surface area contributed by atoms with E-state index < -0.39 is 0 Å². The van der Waals surface area contributed by atoms with Crippen molar-refractivity contribution in [1.29, 1.82) is 0 Å².